The van der Waals surface area contributed by atoms with Gasteiger partial charge in [-0.25, -0.2) is 9.59 Å². The number of thiophene rings is 1. The second-order valence-electron chi connectivity index (χ2n) is 5.75. The lowest BCUT2D eigenvalue weighted by molar-refractivity contribution is -0.115. The topological polar surface area (TPSA) is 136 Å². The lowest BCUT2D eigenvalue weighted by Gasteiger charge is -2.11. The summed E-state index contributed by atoms with van der Waals surface area (Å²) in [5.41, 5.74) is 0.674. The fraction of sp³-hybridized carbons (Fsp3) is 0.278. The second-order valence-corrected chi connectivity index (χ2v) is 7.95. The van der Waals surface area contributed by atoms with E-state index in [4.69, 9.17) is 9.47 Å². The highest BCUT2D eigenvalue weighted by Crippen LogP contribution is 2.38. The summed E-state index contributed by atoms with van der Waals surface area (Å²) >= 11 is 2.17. The van der Waals surface area contributed by atoms with Crippen LogP contribution in [0.15, 0.2) is 29.4 Å². The number of pyridine rings is 1. The van der Waals surface area contributed by atoms with Crippen LogP contribution in [0.25, 0.3) is 0 Å². The van der Waals surface area contributed by atoms with Gasteiger partial charge in [-0.15, -0.1) is 11.3 Å². The van der Waals surface area contributed by atoms with Gasteiger partial charge in [0.1, 0.15) is 9.88 Å². The molecule has 3 rings (SSSR count). The predicted molar refractivity (Wildman–Crippen MR) is 111 cm³/mol. The molecule has 0 fully saturated rings. The molecule has 0 bridgehead atoms. The lowest BCUT2D eigenvalue weighted by Crippen LogP contribution is -2.33. The number of esters is 1. The molecule has 1 aliphatic heterocycles. The van der Waals surface area contributed by atoms with Gasteiger partial charge in [0.05, 0.1) is 30.7 Å². The van der Waals surface area contributed by atoms with Gasteiger partial charge in [-0.05, 0) is 26.0 Å². The standard InChI is InChI=1S/C18H18N4O6S2/c1-3-27-17(25)12-7-9(13(23)22-18(26)28-4-2)15(30-12)21-14(24)16-20-10-8-19-6-5-11(10)29-16/h5-8,16,20H,3-4H2,1-2H3,(H,21,24)(H,22,23,26). The van der Waals surface area contributed by atoms with E-state index in [1.807, 2.05) is 0 Å². The van der Waals surface area contributed by atoms with Crippen molar-refractivity contribution >= 4 is 57.7 Å². The van der Waals surface area contributed by atoms with E-state index in [0.717, 1.165) is 21.9 Å². The number of alkyl carbamates (subject to hydrolysis) is 1. The summed E-state index contributed by atoms with van der Waals surface area (Å²) in [6.45, 7) is 3.48. The van der Waals surface area contributed by atoms with Crippen molar-refractivity contribution in [1.29, 1.82) is 0 Å². The molecule has 0 saturated heterocycles. The molecule has 3 N–H and O–H groups in total. The second kappa shape index (κ2) is 9.59. The van der Waals surface area contributed by atoms with E-state index in [9.17, 15) is 19.2 Å². The molecule has 10 nitrogen and oxygen atoms in total. The third-order valence-corrected chi connectivity index (χ3v) is 5.94. The Labute approximate surface area is 179 Å². The maximum absolute atomic E-state index is 12.7. The Morgan fingerprint density at radius 2 is 1.97 bits per heavy atom. The number of imide groups is 1. The minimum absolute atomic E-state index is 0.0494. The van der Waals surface area contributed by atoms with E-state index in [1.54, 1.807) is 32.3 Å². The lowest BCUT2D eigenvalue weighted by atomic mass is 10.2. The molecule has 2 aromatic rings. The van der Waals surface area contributed by atoms with Crippen LogP contribution in [0.5, 0.6) is 0 Å². The van der Waals surface area contributed by atoms with Crippen molar-refractivity contribution in [3.8, 4) is 0 Å². The van der Waals surface area contributed by atoms with Crippen molar-refractivity contribution in [1.82, 2.24) is 10.3 Å². The van der Waals surface area contributed by atoms with E-state index in [-0.39, 0.29) is 28.7 Å². The van der Waals surface area contributed by atoms with Crippen molar-refractivity contribution in [2.45, 2.75) is 24.1 Å². The fourth-order valence-electron chi connectivity index (χ4n) is 2.47. The minimum atomic E-state index is -0.931. The number of aromatic nitrogens is 1. The van der Waals surface area contributed by atoms with Crippen LogP contribution in [-0.2, 0) is 14.3 Å². The van der Waals surface area contributed by atoms with E-state index in [0.29, 0.717) is 0 Å². The van der Waals surface area contributed by atoms with Crippen LogP contribution in [0.4, 0.5) is 15.5 Å². The number of thioether (sulfide) groups is 1. The van der Waals surface area contributed by atoms with Crippen LogP contribution < -0.4 is 16.0 Å². The number of carbonyl (C=O) groups is 4. The monoisotopic (exact) mass is 450 g/mol. The predicted octanol–water partition coefficient (Wildman–Crippen LogP) is 2.69. The molecule has 3 amide bonds. The van der Waals surface area contributed by atoms with Crippen LogP contribution in [0, 0.1) is 0 Å². The van der Waals surface area contributed by atoms with Crippen LogP contribution in [0.2, 0.25) is 0 Å². The molecule has 0 radical (unpaired) electrons. The van der Waals surface area contributed by atoms with Gasteiger partial charge in [0.25, 0.3) is 11.8 Å². The third kappa shape index (κ3) is 4.89. The fourth-order valence-corrected chi connectivity index (χ4v) is 4.41. The Kier molecular flexibility index (Phi) is 6.90. The van der Waals surface area contributed by atoms with Gasteiger partial charge >= 0.3 is 12.1 Å². The average molecular weight is 450 g/mol. The molecule has 12 heteroatoms. The zero-order chi connectivity index (χ0) is 21.7. The van der Waals surface area contributed by atoms with Crippen molar-refractivity contribution < 1.29 is 28.7 Å². The first kappa shape index (κ1) is 21.6. The largest absolute Gasteiger partial charge is 0.462 e. The summed E-state index contributed by atoms with van der Waals surface area (Å²) in [5.74, 6) is -1.88. The summed E-state index contributed by atoms with van der Waals surface area (Å²) in [7, 11) is 0. The van der Waals surface area contributed by atoms with Gasteiger partial charge in [-0.1, -0.05) is 11.8 Å². The van der Waals surface area contributed by atoms with E-state index >= 15 is 0 Å². The van der Waals surface area contributed by atoms with Gasteiger partial charge < -0.3 is 20.1 Å². The number of fused-ring (bicyclic) bond motifs is 1. The highest BCUT2D eigenvalue weighted by molar-refractivity contribution is 8.01. The van der Waals surface area contributed by atoms with Gasteiger partial charge in [-0.3, -0.25) is 19.9 Å². The summed E-state index contributed by atoms with van der Waals surface area (Å²) in [6.07, 6.45) is 2.30. The Bertz CT molecular complexity index is 968. The van der Waals surface area contributed by atoms with Crippen molar-refractivity contribution in [3.05, 3.63) is 35.0 Å². The number of amides is 3. The number of anilines is 2. The normalized spacial score (nSPS) is 14.3. The van der Waals surface area contributed by atoms with Gasteiger partial charge in [0.2, 0.25) is 0 Å². The average Bonchev–Trinajstić information content (AvgIpc) is 3.32. The smallest absolute Gasteiger partial charge is 0.414 e. The molecular weight excluding hydrogens is 432 g/mol. The first-order chi connectivity index (χ1) is 14.4. The summed E-state index contributed by atoms with van der Waals surface area (Å²) < 4.78 is 9.65. The molecule has 0 aliphatic carbocycles. The molecule has 3 heterocycles. The number of ether oxygens (including phenoxy) is 2. The summed E-state index contributed by atoms with van der Waals surface area (Å²) in [4.78, 5) is 53.9. The quantitative estimate of drug-likeness (QED) is 0.568. The zero-order valence-electron chi connectivity index (χ0n) is 16.0. The van der Waals surface area contributed by atoms with Crippen LogP contribution in [0.3, 0.4) is 0 Å². The number of hydrogen-bond donors (Lipinski definition) is 3. The van der Waals surface area contributed by atoms with E-state index in [1.165, 1.54) is 17.8 Å². The maximum atomic E-state index is 12.7. The van der Waals surface area contributed by atoms with Crippen LogP contribution in [0.1, 0.15) is 33.9 Å². The highest BCUT2D eigenvalue weighted by Gasteiger charge is 2.30. The zero-order valence-corrected chi connectivity index (χ0v) is 17.6. The Balaban J connectivity index is 1.79. The number of carbonyl (C=O) groups excluding carboxylic acids is 4. The molecule has 0 saturated carbocycles. The highest BCUT2D eigenvalue weighted by atomic mass is 32.2. The molecule has 1 aliphatic rings. The molecule has 158 valence electrons. The number of rotatable bonds is 6. The van der Waals surface area contributed by atoms with Crippen molar-refractivity contribution in [2.24, 2.45) is 0 Å². The SMILES string of the molecule is CCOC(=O)NC(=O)c1cc(C(=O)OCC)sc1NC(=O)C1Nc2cnccc2S1. The van der Waals surface area contributed by atoms with Crippen LogP contribution in [-0.4, -0.2) is 47.4 Å². The van der Waals surface area contributed by atoms with Crippen molar-refractivity contribution in [3.63, 3.8) is 0 Å². The first-order valence-corrected chi connectivity index (χ1v) is 10.6. The molecule has 1 unspecified atom stereocenters. The van der Waals surface area contributed by atoms with E-state index < -0.39 is 29.3 Å². The number of nitrogens with zero attached hydrogens (tertiary/aromatic N) is 1. The number of nitrogens with one attached hydrogen (secondary N) is 3. The molecule has 2 aromatic heterocycles. The number of hydrogen-bond acceptors (Lipinski definition) is 10. The molecule has 1 atom stereocenters. The van der Waals surface area contributed by atoms with E-state index in [2.05, 4.69) is 20.9 Å². The molecule has 30 heavy (non-hydrogen) atoms. The summed E-state index contributed by atoms with van der Waals surface area (Å²) in [5, 5.41) is 7.19. The first-order valence-electron chi connectivity index (χ1n) is 8.90. The minimum Gasteiger partial charge on any atom is -0.462 e. The Hall–Kier alpha value is -3.12. The van der Waals surface area contributed by atoms with Gasteiger partial charge in [0.15, 0.2) is 5.37 Å². The van der Waals surface area contributed by atoms with Gasteiger partial charge in [-0.2, -0.15) is 0 Å². The molecular formula is C18H18N4O6S2. The van der Waals surface area contributed by atoms with Crippen molar-refractivity contribution in [2.75, 3.05) is 23.8 Å². The third-order valence-electron chi connectivity index (χ3n) is 3.73. The Morgan fingerprint density at radius 1 is 1.20 bits per heavy atom. The Morgan fingerprint density at radius 3 is 2.67 bits per heavy atom. The van der Waals surface area contributed by atoms with Crippen LogP contribution >= 0.6 is 23.1 Å². The molecule has 0 aromatic carbocycles. The molecule has 0 spiro atoms. The van der Waals surface area contributed by atoms with Gasteiger partial charge in [0, 0.05) is 11.1 Å². The summed E-state index contributed by atoms with van der Waals surface area (Å²) in [6, 6.07) is 3.04. The maximum Gasteiger partial charge on any atom is 0.414 e.